The number of halogens is 1. The SMILES string of the molecule is C=CCOc1c(CC=C)cc(/C=C(\C#N)C(=O)Nc2ccc(F)cc2)cc1OC. The summed E-state index contributed by atoms with van der Waals surface area (Å²) >= 11 is 0. The number of allylic oxidation sites excluding steroid dienone is 1. The second-order valence-electron chi connectivity index (χ2n) is 5.93. The molecule has 0 atom stereocenters. The maximum atomic E-state index is 13.0. The molecule has 6 heteroatoms. The van der Waals surface area contributed by atoms with E-state index in [9.17, 15) is 14.4 Å². The highest BCUT2D eigenvalue weighted by Crippen LogP contribution is 2.34. The molecule has 0 saturated heterocycles. The van der Waals surface area contributed by atoms with Crippen molar-refractivity contribution >= 4 is 17.7 Å². The molecule has 0 radical (unpaired) electrons. The zero-order valence-corrected chi connectivity index (χ0v) is 16.1. The molecule has 29 heavy (non-hydrogen) atoms. The van der Waals surface area contributed by atoms with Crippen LogP contribution >= 0.6 is 0 Å². The van der Waals surface area contributed by atoms with Gasteiger partial charge in [-0.15, -0.1) is 6.58 Å². The molecule has 1 N–H and O–H groups in total. The van der Waals surface area contributed by atoms with Gasteiger partial charge in [0.2, 0.25) is 0 Å². The summed E-state index contributed by atoms with van der Waals surface area (Å²) in [5.41, 5.74) is 1.66. The number of ether oxygens (including phenoxy) is 2. The van der Waals surface area contributed by atoms with Crippen molar-refractivity contribution in [1.29, 1.82) is 5.26 Å². The van der Waals surface area contributed by atoms with Crippen molar-refractivity contribution in [2.24, 2.45) is 0 Å². The van der Waals surface area contributed by atoms with Crippen molar-refractivity contribution in [3.8, 4) is 17.6 Å². The fourth-order valence-corrected chi connectivity index (χ4v) is 2.58. The number of hydrogen-bond donors (Lipinski definition) is 1. The Hall–Kier alpha value is -3.85. The van der Waals surface area contributed by atoms with Crippen molar-refractivity contribution in [1.82, 2.24) is 0 Å². The van der Waals surface area contributed by atoms with Gasteiger partial charge in [0.25, 0.3) is 5.91 Å². The highest BCUT2D eigenvalue weighted by molar-refractivity contribution is 6.09. The summed E-state index contributed by atoms with van der Waals surface area (Å²) in [4.78, 5) is 12.4. The Bertz CT molecular complexity index is 973. The van der Waals surface area contributed by atoms with Gasteiger partial charge in [-0.25, -0.2) is 4.39 Å². The van der Waals surface area contributed by atoms with E-state index in [1.165, 1.54) is 37.5 Å². The largest absolute Gasteiger partial charge is 0.493 e. The quantitative estimate of drug-likeness (QED) is 0.382. The Balaban J connectivity index is 2.38. The number of methoxy groups -OCH3 is 1. The van der Waals surface area contributed by atoms with Crippen LogP contribution in [-0.4, -0.2) is 19.6 Å². The summed E-state index contributed by atoms with van der Waals surface area (Å²) in [6.07, 6.45) is 5.30. The Labute approximate surface area is 169 Å². The number of rotatable bonds is 9. The maximum absolute atomic E-state index is 13.0. The smallest absolute Gasteiger partial charge is 0.266 e. The zero-order chi connectivity index (χ0) is 21.2. The van der Waals surface area contributed by atoms with Crippen LogP contribution in [-0.2, 0) is 11.2 Å². The zero-order valence-electron chi connectivity index (χ0n) is 16.1. The Morgan fingerprint density at radius 3 is 2.55 bits per heavy atom. The predicted molar refractivity (Wildman–Crippen MR) is 111 cm³/mol. The van der Waals surface area contributed by atoms with Crippen LogP contribution in [0.3, 0.4) is 0 Å². The van der Waals surface area contributed by atoms with E-state index < -0.39 is 11.7 Å². The Morgan fingerprint density at radius 2 is 1.97 bits per heavy atom. The highest BCUT2D eigenvalue weighted by atomic mass is 19.1. The van der Waals surface area contributed by atoms with E-state index in [4.69, 9.17) is 9.47 Å². The van der Waals surface area contributed by atoms with Gasteiger partial charge in [-0.05, 0) is 54.5 Å². The standard InChI is InChI=1S/C23H21FN2O3/c1-4-6-17-12-16(14-21(28-3)22(17)29-11-5-2)13-18(15-25)23(27)26-20-9-7-19(24)8-10-20/h4-5,7-10,12-14H,1-2,6,11H2,3H3,(H,26,27)/b18-13+. The van der Waals surface area contributed by atoms with Crippen LogP contribution in [0.1, 0.15) is 11.1 Å². The minimum atomic E-state index is -0.602. The number of nitrogens with zero attached hydrogens (tertiary/aromatic N) is 1. The number of carbonyl (C=O) groups is 1. The monoisotopic (exact) mass is 392 g/mol. The Kier molecular flexibility index (Phi) is 7.75. The number of carbonyl (C=O) groups excluding carboxylic acids is 1. The van der Waals surface area contributed by atoms with E-state index in [0.29, 0.717) is 35.8 Å². The van der Waals surface area contributed by atoms with Crippen molar-refractivity contribution in [2.45, 2.75) is 6.42 Å². The molecular weight excluding hydrogens is 371 g/mol. The average molecular weight is 392 g/mol. The second kappa shape index (κ2) is 10.5. The number of anilines is 1. The number of nitriles is 1. The van der Waals surface area contributed by atoms with Gasteiger partial charge in [0.15, 0.2) is 11.5 Å². The first-order valence-electron chi connectivity index (χ1n) is 8.76. The van der Waals surface area contributed by atoms with Crippen LogP contribution < -0.4 is 14.8 Å². The van der Waals surface area contributed by atoms with Gasteiger partial charge < -0.3 is 14.8 Å². The van der Waals surface area contributed by atoms with Gasteiger partial charge in [-0.1, -0.05) is 18.7 Å². The van der Waals surface area contributed by atoms with Crippen LogP contribution in [0.15, 0.2) is 67.3 Å². The van der Waals surface area contributed by atoms with Crippen molar-refractivity contribution in [3.05, 3.63) is 84.2 Å². The van der Waals surface area contributed by atoms with Crippen LogP contribution in [0.4, 0.5) is 10.1 Å². The molecule has 0 spiro atoms. The third-order valence-corrected chi connectivity index (χ3v) is 3.86. The van der Waals surface area contributed by atoms with E-state index >= 15 is 0 Å². The first kappa shape index (κ1) is 21.5. The van der Waals surface area contributed by atoms with Crippen molar-refractivity contribution in [2.75, 3.05) is 19.0 Å². The molecule has 0 saturated carbocycles. The first-order valence-corrected chi connectivity index (χ1v) is 8.76. The number of hydrogen-bond acceptors (Lipinski definition) is 4. The lowest BCUT2D eigenvalue weighted by molar-refractivity contribution is -0.112. The number of nitrogens with one attached hydrogen (secondary N) is 1. The van der Waals surface area contributed by atoms with Crippen LogP contribution in [0.2, 0.25) is 0 Å². The molecule has 0 bridgehead atoms. The number of amides is 1. The summed E-state index contributed by atoms with van der Waals surface area (Å²) < 4.78 is 24.1. The average Bonchev–Trinajstić information content (AvgIpc) is 2.72. The van der Waals surface area contributed by atoms with Gasteiger partial charge in [0.05, 0.1) is 7.11 Å². The lowest BCUT2D eigenvalue weighted by Crippen LogP contribution is -2.13. The van der Waals surface area contributed by atoms with Gasteiger partial charge in [-0.3, -0.25) is 4.79 Å². The van der Waals surface area contributed by atoms with E-state index in [1.807, 2.05) is 6.07 Å². The molecule has 0 aliphatic carbocycles. The molecule has 148 valence electrons. The Morgan fingerprint density at radius 1 is 1.24 bits per heavy atom. The second-order valence-corrected chi connectivity index (χ2v) is 5.93. The fraction of sp³-hybridized carbons (Fsp3) is 0.130. The van der Waals surface area contributed by atoms with Crippen LogP contribution in [0.5, 0.6) is 11.5 Å². The molecule has 5 nitrogen and oxygen atoms in total. The molecular formula is C23H21FN2O3. The maximum Gasteiger partial charge on any atom is 0.266 e. The summed E-state index contributed by atoms with van der Waals surface area (Å²) in [6.45, 7) is 7.69. The van der Waals surface area contributed by atoms with Gasteiger partial charge in [0, 0.05) is 11.3 Å². The number of benzene rings is 2. The molecule has 0 unspecified atom stereocenters. The lowest BCUT2D eigenvalue weighted by Gasteiger charge is -2.15. The molecule has 0 heterocycles. The normalized spacial score (nSPS) is 10.6. The van der Waals surface area contributed by atoms with Gasteiger partial charge in [0.1, 0.15) is 24.1 Å². The highest BCUT2D eigenvalue weighted by Gasteiger charge is 2.14. The van der Waals surface area contributed by atoms with E-state index in [1.54, 1.807) is 24.3 Å². The molecule has 0 aromatic heterocycles. The van der Waals surface area contributed by atoms with E-state index in [0.717, 1.165) is 5.56 Å². The predicted octanol–water partition coefficient (Wildman–Crippen LogP) is 4.67. The summed E-state index contributed by atoms with van der Waals surface area (Å²) in [7, 11) is 1.51. The molecule has 0 aliphatic heterocycles. The topological polar surface area (TPSA) is 71.3 Å². The molecule has 0 fully saturated rings. The molecule has 2 rings (SSSR count). The van der Waals surface area contributed by atoms with Crippen LogP contribution in [0.25, 0.3) is 6.08 Å². The first-order chi connectivity index (χ1) is 14.0. The van der Waals surface area contributed by atoms with Gasteiger partial charge in [-0.2, -0.15) is 5.26 Å². The molecule has 2 aromatic carbocycles. The van der Waals surface area contributed by atoms with Crippen molar-refractivity contribution < 1.29 is 18.7 Å². The molecule has 2 aromatic rings. The van der Waals surface area contributed by atoms with E-state index in [-0.39, 0.29) is 5.57 Å². The summed E-state index contributed by atoms with van der Waals surface area (Å²) in [5.74, 6) is 0.00221. The third kappa shape index (κ3) is 5.81. The van der Waals surface area contributed by atoms with Crippen LogP contribution in [0, 0.1) is 17.1 Å². The van der Waals surface area contributed by atoms with E-state index in [2.05, 4.69) is 18.5 Å². The minimum absolute atomic E-state index is 0.110. The third-order valence-electron chi connectivity index (χ3n) is 3.86. The minimum Gasteiger partial charge on any atom is -0.493 e. The summed E-state index contributed by atoms with van der Waals surface area (Å²) in [5, 5.41) is 12.0. The molecule has 1 amide bonds. The molecule has 0 aliphatic rings. The van der Waals surface area contributed by atoms with Gasteiger partial charge >= 0.3 is 0 Å². The van der Waals surface area contributed by atoms with Crippen molar-refractivity contribution in [3.63, 3.8) is 0 Å². The summed E-state index contributed by atoms with van der Waals surface area (Å²) in [6, 6.07) is 10.6. The lowest BCUT2D eigenvalue weighted by atomic mass is 10.0. The fourth-order valence-electron chi connectivity index (χ4n) is 2.58.